The topological polar surface area (TPSA) is 9.23 Å². The Morgan fingerprint density at radius 2 is 1.79 bits per heavy atom. The summed E-state index contributed by atoms with van der Waals surface area (Å²) in [5.41, 5.74) is 3.67. The van der Waals surface area contributed by atoms with Gasteiger partial charge in [0.1, 0.15) is 11.9 Å². The van der Waals surface area contributed by atoms with Crippen LogP contribution in [0.2, 0.25) is 0 Å². The van der Waals surface area contributed by atoms with E-state index < -0.39 is 0 Å². The van der Waals surface area contributed by atoms with Crippen LogP contribution in [0.15, 0.2) is 48.5 Å². The van der Waals surface area contributed by atoms with Crippen molar-refractivity contribution < 1.29 is 4.74 Å². The number of ether oxygens (including phenoxy) is 1. The molecule has 0 saturated carbocycles. The van der Waals surface area contributed by atoms with E-state index in [-0.39, 0.29) is 11.5 Å². The summed E-state index contributed by atoms with van der Waals surface area (Å²) in [6.45, 7) is 2.09. The predicted octanol–water partition coefficient (Wildman–Crippen LogP) is 4.67. The van der Waals surface area contributed by atoms with Crippen LogP contribution < -0.4 is 4.74 Å². The van der Waals surface area contributed by atoms with Gasteiger partial charge in [-0.15, -0.1) is 11.6 Å². The minimum atomic E-state index is 0.0479. The lowest BCUT2D eigenvalue weighted by atomic mass is 10.0. The highest BCUT2D eigenvalue weighted by molar-refractivity contribution is 6.20. The second kappa shape index (κ2) is 5.26. The fourth-order valence-corrected chi connectivity index (χ4v) is 2.86. The Labute approximate surface area is 119 Å². The Morgan fingerprint density at radius 3 is 2.58 bits per heavy atom. The van der Waals surface area contributed by atoms with Gasteiger partial charge in [-0.3, -0.25) is 0 Å². The van der Waals surface area contributed by atoms with Crippen LogP contribution in [0.4, 0.5) is 0 Å². The average molecular weight is 273 g/mol. The van der Waals surface area contributed by atoms with E-state index >= 15 is 0 Å². The van der Waals surface area contributed by atoms with Crippen LogP contribution in [0.5, 0.6) is 5.75 Å². The molecule has 19 heavy (non-hydrogen) atoms. The molecular formula is C17H17ClO. The van der Waals surface area contributed by atoms with Crippen LogP contribution >= 0.6 is 11.6 Å². The van der Waals surface area contributed by atoms with Gasteiger partial charge in [0.15, 0.2) is 0 Å². The molecule has 3 rings (SSSR count). The SMILES string of the molecule is Cc1ccc([C@H]2C[C@H](Cl)Cc3ccccc3O2)cc1. The molecule has 0 radical (unpaired) electrons. The molecule has 1 aliphatic heterocycles. The molecular weight excluding hydrogens is 256 g/mol. The lowest BCUT2D eigenvalue weighted by molar-refractivity contribution is 0.201. The second-order valence-corrected chi connectivity index (χ2v) is 5.78. The van der Waals surface area contributed by atoms with E-state index in [2.05, 4.69) is 37.3 Å². The Morgan fingerprint density at radius 1 is 1.05 bits per heavy atom. The third kappa shape index (κ3) is 2.76. The van der Waals surface area contributed by atoms with E-state index in [4.69, 9.17) is 16.3 Å². The Balaban J connectivity index is 1.93. The minimum Gasteiger partial charge on any atom is -0.485 e. The fourth-order valence-electron chi connectivity index (χ4n) is 2.53. The van der Waals surface area contributed by atoms with E-state index in [1.807, 2.05) is 18.2 Å². The smallest absolute Gasteiger partial charge is 0.125 e. The van der Waals surface area contributed by atoms with Crippen molar-refractivity contribution >= 4 is 11.6 Å². The summed E-state index contributed by atoms with van der Waals surface area (Å²) in [6, 6.07) is 16.7. The van der Waals surface area contributed by atoms with Gasteiger partial charge in [-0.1, -0.05) is 48.0 Å². The molecule has 1 aliphatic rings. The van der Waals surface area contributed by atoms with Crippen molar-refractivity contribution in [3.05, 3.63) is 65.2 Å². The number of alkyl halides is 1. The first-order valence-corrected chi connectivity index (χ1v) is 7.11. The highest BCUT2D eigenvalue weighted by Crippen LogP contribution is 2.35. The molecule has 0 spiro atoms. The maximum atomic E-state index is 6.44. The van der Waals surface area contributed by atoms with E-state index in [1.165, 1.54) is 16.7 Å². The van der Waals surface area contributed by atoms with Crippen LogP contribution in [0.3, 0.4) is 0 Å². The van der Waals surface area contributed by atoms with Crippen LogP contribution in [0.1, 0.15) is 29.2 Å². The zero-order valence-electron chi connectivity index (χ0n) is 11.0. The molecule has 0 N–H and O–H groups in total. The maximum Gasteiger partial charge on any atom is 0.125 e. The molecule has 1 heterocycles. The van der Waals surface area contributed by atoms with Gasteiger partial charge < -0.3 is 4.74 Å². The van der Waals surface area contributed by atoms with Gasteiger partial charge in [0, 0.05) is 11.8 Å². The van der Waals surface area contributed by atoms with Crippen molar-refractivity contribution in [3.63, 3.8) is 0 Å². The van der Waals surface area contributed by atoms with Gasteiger partial charge >= 0.3 is 0 Å². The highest BCUT2D eigenvalue weighted by Gasteiger charge is 2.24. The molecule has 0 aliphatic carbocycles. The van der Waals surface area contributed by atoms with Crippen molar-refractivity contribution in [2.45, 2.75) is 31.2 Å². The zero-order valence-corrected chi connectivity index (χ0v) is 11.7. The summed E-state index contributed by atoms with van der Waals surface area (Å²) in [6.07, 6.45) is 1.77. The van der Waals surface area contributed by atoms with Gasteiger partial charge in [0.25, 0.3) is 0 Å². The number of hydrogen-bond donors (Lipinski definition) is 0. The Hall–Kier alpha value is -1.47. The van der Waals surface area contributed by atoms with Gasteiger partial charge in [-0.05, 0) is 30.5 Å². The number of halogens is 1. The second-order valence-electron chi connectivity index (χ2n) is 5.16. The van der Waals surface area contributed by atoms with E-state index in [0.29, 0.717) is 0 Å². The van der Waals surface area contributed by atoms with Crippen LogP contribution in [-0.2, 0) is 6.42 Å². The first-order valence-electron chi connectivity index (χ1n) is 6.67. The molecule has 0 aromatic heterocycles. The third-order valence-electron chi connectivity index (χ3n) is 3.60. The van der Waals surface area contributed by atoms with Gasteiger partial charge in [-0.25, -0.2) is 0 Å². The molecule has 0 saturated heterocycles. The highest BCUT2D eigenvalue weighted by atomic mass is 35.5. The zero-order chi connectivity index (χ0) is 13.2. The number of hydrogen-bond acceptors (Lipinski definition) is 1. The molecule has 98 valence electrons. The standard InChI is InChI=1S/C17H17ClO/c1-12-6-8-13(9-7-12)17-11-15(18)10-14-4-2-3-5-16(14)19-17/h2-9,15,17H,10-11H2,1H3/t15-,17-/m1/s1. The molecule has 0 fully saturated rings. The normalized spacial score (nSPS) is 22.2. The first kappa shape index (κ1) is 12.6. The van der Waals surface area contributed by atoms with Gasteiger partial charge in [-0.2, -0.15) is 0 Å². The Kier molecular flexibility index (Phi) is 3.48. The van der Waals surface area contributed by atoms with Gasteiger partial charge in [0.2, 0.25) is 0 Å². The summed E-state index contributed by atoms with van der Waals surface area (Å²) < 4.78 is 6.17. The maximum absolute atomic E-state index is 6.44. The summed E-state index contributed by atoms with van der Waals surface area (Å²) in [5.74, 6) is 0.969. The quantitative estimate of drug-likeness (QED) is 0.686. The van der Waals surface area contributed by atoms with Crippen molar-refractivity contribution in [3.8, 4) is 5.75 Å². The largest absolute Gasteiger partial charge is 0.485 e. The van der Waals surface area contributed by atoms with E-state index in [0.717, 1.165) is 18.6 Å². The Bertz CT molecular complexity index is 562. The fraction of sp³-hybridized carbons (Fsp3) is 0.294. The molecule has 1 nitrogen and oxygen atoms in total. The molecule has 2 aromatic carbocycles. The third-order valence-corrected chi connectivity index (χ3v) is 3.93. The summed E-state index contributed by atoms with van der Waals surface area (Å²) >= 11 is 6.44. The van der Waals surface area contributed by atoms with Crippen molar-refractivity contribution in [2.24, 2.45) is 0 Å². The number of fused-ring (bicyclic) bond motifs is 1. The van der Waals surface area contributed by atoms with Crippen molar-refractivity contribution in [2.75, 3.05) is 0 Å². The lowest BCUT2D eigenvalue weighted by Crippen LogP contribution is -2.11. The molecule has 0 unspecified atom stereocenters. The predicted molar refractivity (Wildman–Crippen MR) is 79.0 cm³/mol. The van der Waals surface area contributed by atoms with Crippen LogP contribution in [0.25, 0.3) is 0 Å². The summed E-state index contributed by atoms with van der Waals surface area (Å²) in [4.78, 5) is 0. The van der Waals surface area contributed by atoms with Crippen LogP contribution in [-0.4, -0.2) is 5.38 Å². The molecule has 0 bridgehead atoms. The summed E-state index contributed by atoms with van der Waals surface area (Å²) in [7, 11) is 0. The van der Waals surface area contributed by atoms with Crippen molar-refractivity contribution in [1.82, 2.24) is 0 Å². The number of para-hydroxylation sites is 1. The lowest BCUT2D eigenvalue weighted by Gasteiger charge is -2.18. The average Bonchev–Trinajstić information content (AvgIpc) is 2.57. The van der Waals surface area contributed by atoms with E-state index in [1.54, 1.807) is 0 Å². The monoisotopic (exact) mass is 272 g/mol. The van der Waals surface area contributed by atoms with Crippen molar-refractivity contribution in [1.29, 1.82) is 0 Å². The van der Waals surface area contributed by atoms with E-state index in [9.17, 15) is 0 Å². The molecule has 0 amide bonds. The number of rotatable bonds is 1. The number of benzene rings is 2. The van der Waals surface area contributed by atoms with Crippen LogP contribution in [0, 0.1) is 6.92 Å². The number of aryl methyl sites for hydroxylation is 1. The molecule has 2 atom stereocenters. The minimum absolute atomic E-state index is 0.0479. The molecule has 2 aromatic rings. The first-order chi connectivity index (χ1) is 9.22. The van der Waals surface area contributed by atoms with Gasteiger partial charge in [0.05, 0.1) is 0 Å². The summed E-state index contributed by atoms with van der Waals surface area (Å²) in [5, 5.41) is 0.120. The molecule has 2 heteroatoms.